The Morgan fingerprint density at radius 2 is 1.86 bits per heavy atom. The Bertz CT molecular complexity index is 726. The lowest BCUT2D eigenvalue weighted by molar-refractivity contribution is -0.136. The number of hydrogen-bond donors (Lipinski definition) is 2. The first kappa shape index (κ1) is 16.0. The molecule has 2 aromatic rings. The molecule has 0 fully saturated rings. The fraction of sp³-hybridized carbons (Fsp3) is 0.125. The number of anilines is 1. The van der Waals surface area contributed by atoms with Crippen LogP contribution in [0.3, 0.4) is 0 Å². The van der Waals surface area contributed by atoms with E-state index >= 15 is 0 Å². The number of methoxy groups -OCH3 is 1. The second kappa shape index (κ2) is 6.62. The van der Waals surface area contributed by atoms with Gasteiger partial charge in [-0.1, -0.05) is 15.9 Å². The molecule has 0 aliphatic heterocycles. The lowest BCUT2D eigenvalue weighted by Crippen LogP contribution is -2.11. The normalized spacial score (nSPS) is 10.3. The Morgan fingerprint density at radius 3 is 2.41 bits per heavy atom. The van der Waals surface area contributed by atoms with Crippen molar-refractivity contribution >= 4 is 33.4 Å². The number of ketones is 1. The largest absolute Gasteiger partial charge is 0.497 e. The number of aliphatic carboxylic acids is 1. The van der Waals surface area contributed by atoms with E-state index in [4.69, 9.17) is 15.6 Å². The summed E-state index contributed by atoms with van der Waals surface area (Å²) in [7, 11) is 1.45. The number of nitrogen functional groups attached to an aromatic ring is 1. The summed E-state index contributed by atoms with van der Waals surface area (Å²) < 4.78 is 5.98. The Balaban J connectivity index is 2.51. The van der Waals surface area contributed by atoms with Crippen LogP contribution in [-0.2, 0) is 11.2 Å². The zero-order valence-electron chi connectivity index (χ0n) is 11.8. The molecule has 0 aromatic heterocycles. The van der Waals surface area contributed by atoms with Crippen LogP contribution in [0.15, 0.2) is 40.9 Å². The van der Waals surface area contributed by atoms with Gasteiger partial charge in [0.15, 0.2) is 5.78 Å². The van der Waals surface area contributed by atoms with Crippen LogP contribution in [0.25, 0.3) is 0 Å². The molecule has 0 heterocycles. The van der Waals surface area contributed by atoms with Crippen LogP contribution in [0.5, 0.6) is 5.75 Å². The maximum absolute atomic E-state index is 12.6. The number of rotatable bonds is 5. The molecule has 5 nitrogen and oxygen atoms in total. The summed E-state index contributed by atoms with van der Waals surface area (Å²) >= 11 is 3.31. The molecule has 6 heteroatoms. The second-order valence-corrected chi connectivity index (χ2v) is 5.57. The molecule has 114 valence electrons. The minimum atomic E-state index is -1.03. The average molecular weight is 364 g/mol. The number of ether oxygens (including phenoxy) is 1. The van der Waals surface area contributed by atoms with Gasteiger partial charge in [-0.05, 0) is 42.0 Å². The molecular weight excluding hydrogens is 350 g/mol. The summed E-state index contributed by atoms with van der Waals surface area (Å²) in [6.07, 6.45) is -0.274. The van der Waals surface area contributed by atoms with Gasteiger partial charge in [-0.15, -0.1) is 0 Å². The van der Waals surface area contributed by atoms with Crippen molar-refractivity contribution in [2.75, 3.05) is 12.8 Å². The van der Waals surface area contributed by atoms with Gasteiger partial charge >= 0.3 is 5.97 Å². The quantitative estimate of drug-likeness (QED) is 0.629. The summed E-state index contributed by atoms with van der Waals surface area (Å²) in [5.74, 6) is -0.913. The smallest absolute Gasteiger partial charge is 0.307 e. The van der Waals surface area contributed by atoms with Gasteiger partial charge in [0.1, 0.15) is 5.75 Å². The van der Waals surface area contributed by atoms with Crippen LogP contribution in [0.1, 0.15) is 21.5 Å². The van der Waals surface area contributed by atoms with Crippen LogP contribution in [0.2, 0.25) is 0 Å². The summed E-state index contributed by atoms with van der Waals surface area (Å²) in [5, 5.41) is 8.95. The van der Waals surface area contributed by atoms with Gasteiger partial charge in [0.05, 0.1) is 13.5 Å². The second-order valence-electron chi connectivity index (χ2n) is 4.65. The summed E-state index contributed by atoms with van der Waals surface area (Å²) in [6.45, 7) is 0. The Morgan fingerprint density at radius 1 is 1.23 bits per heavy atom. The van der Waals surface area contributed by atoms with E-state index in [2.05, 4.69) is 15.9 Å². The maximum atomic E-state index is 12.6. The molecule has 0 spiro atoms. The third-order valence-electron chi connectivity index (χ3n) is 3.17. The SMILES string of the molecule is COc1cc(CC(=O)O)c(N)c(C(=O)c2ccc(Br)cc2)c1. The van der Waals surface area contributed by atoms with E-state index in [1.165, 1.54) is 19.2 Å². The van der Waals surface area contributed by atoms with Crippen LogP contribution < -0.4 is 10.5 Å². The third kappa shape index (κ3) is 3.46. The Hall–Kier alpha value is -2.34. The molecular formula is C16H14BrNO4. The standard InChI is InChI=1S/C16H14BrNO4/c1-22-12-6-10(7-14(19)20)15(18)13(8-12)16(21)9-2-4-11(17)5-3-9/h2-6,8H,7,18H2,1H3,(H,19,20). The van der Waals surface area contributed by atoms with Gasteiger partial charge in [0.25, 0.3) is 0 Å². The number of carbonyl (C=O) groups is 2. The third-order valence-corrected chi connectivity index (χ3v) is 3.70. The number of carbonyl (C=O) groups excluding carboxylic acids is 1. The molecule has 0 aliphatic rings. The number of halogens is 1. The lowest BCUT2D eigenvalue weighted by atomic mass is 9.97. The topological polar surface area (TPSA) is 89.6 Å². The van der Waals surface area contributed by atoms with Crippen molar-refractivity contribution in [3.05, 3.63) is 57.6 Å². The molecule has 0 atom stereocenters. The molecule has 2 aromatic carbocycles. The van der Waals surface area contributed by atoms with Gasteiger partial charge in [0, 0.05) is 21.3 Å². The first-order valence-electron chi connectivity index (χ1n) is 6.41. The molecule has 0 bridgehead atoms. The van der Waals surface area contributed by atoms with E-state index in [9.17, 15) is 9.59 Å². The minimum absolute atomic E-state index is 0.163. The zero-order valence-corrected chi connectivity index (χ0v) is 13.4. The van der Waals surface area contributed by atoms with Crippen LogP contribution in [0, 0.1) is 0 Å². The predicted molar refractivity (Wildman–Crippen MR) is 86.3 cm³/mol. The first-order chi connectivity index (χ1) is 10.4. The van der Waals surface area contributed by atoms with Crippen molar-refractivity contribution in [1.82, 2.24) is 0 Å². The van der Waals surface area contributed by atoms with Crippen molar-refractivity contribution in [2.45, 2.75) is 6.42 Å². The summed E-state index contributed by atoms with van der Waals surface area (Å²) in [5.41, 5.74) is 7.19. The van der Waals surface area contributed by atoms with Crippen molar-refractivity contribution in [2.24, 2.45) is 0 Å². The van der Waals surface area contributed by atoms with Crippen LogP contribution >= 0.6 is 15.9 Å². The zero-order chi connectivity index (χ0) is 16.3. The number of benzene rings is 2. The molecule has 22 heavy (non-hydrogen) atoms. The van der Waals surface area contributed by atoms with E-state index in [1.807, 2.05) is 0 Å². The van der Waals surface area contributed by atoms with E-state index in [0.717, 1.165) is 4.47 Å². The molecule has 3 N–H and O–H groups in total. The van der Waals surface area contributed by atoms with Gasteiger partial charge in [-0.25, -0.2) is 0 Å². The van der Waals surface area contributed by atoms with Crippen LogP contribution in [0.4, 0.5) is 5.69 Å². The van der Waals surface area contributed by atoms with E-state index in [-0.39, 0.29) is 23.5 Å². The molecule has 0 amide bonds. The Kier molecular flexibility index (Phi) is 4.82. The monoisotopic (exact) mass is 363 g/mol. The Labute approximate surface area is 135 Å². The highest BCUT2D eigenvalue weighted by atomic mass is 79.9. The fourth-order valence-corrected chi connectivity index (χ4v) is 2.32. The molecule has 2 rings (SSSR count). The highest BCUT2D eigenvalue weighted by Gasteiger charge is 2.18. The van der Waals surface area contributed by atoms with Gasteiger partial charge in [-0.2, -0.15) is 0 Å². The van der Waals surface area contributed by atoms with Gasteiger partial charge in [-0.3, -0.25) is 9.59 Å². The van der Waals surface area contributed by atoms with Gasteiger partial charge < -0.3 is 15.6 Å². The molecule has 0 unspecified atom stereocenters. The summed E-state index contributed by atoms with van der Waals surface area (Å²) in [6, 6.07) is 9.89. The molecule has 0 saturated carbocycles. The molecule has 0 aliphatic carbocycles. The van der Waals surface area contributed by atoms with E-state index in [0.29, 0.717) is 16.9 Å². The molecule has 0 radical (unpaired) electrons. The van der Waals surface area contributed by atoms with Crippen molar-refractivity contribution in [3.63, 3.8) is 0 Å². The number of carboxylic acids is 1. The minimum Gasteiger partial charge on any atom is -0.497 e. The molecule has 0 saturated heterocycles. The first-order valence-corrected chi connectivity index (χ1v) is 7.20. The van der Waals surface area contributed by atoms with Crippen molar-refractivity contribution < 1.29 is 19.4 Å². The van der Waals surface area contributed by atoms with Gasteiger partial charge in [0.2, 0.25) is 0 Å². The number of nitrogens with two attached hydrogens (primary N) is 1. The maximum Gasteiger partial charge on any atom is 0.307 e. The average Bonchev–Trinajstić information content (AvgIpc) is 2.49. The van der Waals surface area contributed by atoms with Crippen molar-refractivity contribution in [3.8, 4) is 5.75 Å². The lowest BCUT2D eigenvalue weighted by Gasteiger charge is -2.12. The predicted octanol–water partition coefficient (Wildman–Crippen LogP) is 2.90. The van der Waals surface area contributed by atoms with Crippen molar-refractivity contribution in [1.29, 1.82) is 0 Å². The van der Waals surface area contributed by atoms with E-state index in [1.54, 1.807) is 24.3 Å². The fourth-order valence-electron chi connectivity index (χ4n) is 2.06. The number of carboxylic acid groups (broad SMARTS) is 1. The highest BCUT2D eigenvalue weighted by Crippen LogP contribution is 2.28. The summed E-state index contributed by atoms with van der Waals surface area (Å²) in [4.78, 5) is 23.5. The highest BCUT2D eigenvalue weighted by molar-refractivity contribution is 9.10. The van der Waals surface area contributed by atoms with Crippen LogP contribution in [-0.4, -0.2) is 24.0 Å². The van der Waals surface area contributed by atoms with E-state index < -0.39 is 5.97 Å². The number of hydrogen-bond acceptors (Lipinski definition) is 4.